The molecule has 0 radical (unpaired) electrons. The molecule has 2 rings (SSSR count). The van der Waals surface area contributed by atoms with Crippen LogP contribution in [0.3, 0.4) is 0 Å². The van der Waals surface area contributed by atoms with Crippen molar-refractivity contribution >= 4 is 43.5 Å². The highest BCUT2D eigenvalue weighted by molar-refractivity contribution is 9.10. The van der Waals surface area contributed by atoms with E-state index in [9.17, 15) is 0 Å². The quantitative estimate of drug-likeness (QED) is 0.723. The Bertz CT molecular complexity index is 591. The first-order chi connectivity index (χ1) is 8.19. The number of hydrogen-bond acceptors (Lipinski definition) is 2. The number of nitriles is 1. The molecule has 1 aromatic heterocycles. The maximum absolute atomic E-state index is 9.13. The maximum Gasteiger partial charge on any atom is 0.169 e. The van der Waals surface area contributed by atoms with Crippen LogP contribution in [0.1, 0.15) is 11.3 Å². The molecule has 0 saturated carbocycles. The fourth-order valence-corrected chi connectivity index (χ4v) is 1.94. The molecule has 0 saturated heterocycles. The molecule has 0 unspecified atom stereocenters. The van der Waals surface area contributed by atoms with E-state index in [1.165, 1.54) is 0 Å². The van der Waals surface area contributed by atoms with E-state index >= 15 is 0 Å². The van der Waals surface area contributed by atoms with Gasteiger partial charge >= 0.3 is 0 Å². The predicted molar refractivity (Wildman–Crippen MR) is 74.0 cm³/mol. The summed E-state index contributed by atoms with van der Waals surface area (Å²) in [6, 6.07) is 13.3. The Hall–Kier alpha value is -1.31. The van der Waals surface area contributed by atoms with Gasteiger partial charge in [-0.05, 0) is 51.8 Å². The average Bonchev–Trinajstić information content (AvgIpc) is 2.73. The van der Waals surface area contributed by atoms with E-state index in [2.05, 4.69) is 37.9 Å². The lowest BCUT2D eigenvalue weighted by molar-refractivity contribution is 0.532. The lowest BCUT2D eigenvalue weighted by atomic mass is 10.1. The summed E-state index contributed by atoms with van der Waals surface area (Å²) in [5.74, 6) is 0.649. The van der Waals surface area contributed by atoms with E-state index in [-0.39, 0.29) is 0 Å². The molecule has 17 heavy (non-hydrogen) atoms. The van der Waals surface area contributed by atoms with E-state index < -0.39 is 0 Å². The molecule has 0 amide bonds. The van der Waals surface area contributed by atoms with Gasteiger partial charge in [0.05, 0.1) is 11.6 Å². The molecule has 1 aromatic carbocycles. The molecule has 0 aliphatic carbocycles. The number of halogens is 2. The van der Waals surface area contributed by atoms with Crippen molar-refractivity contribution in [3.63, 3.8) is 0 Å². The van der Waals surface area contributed by atoms with Crippen LogP contribution in [0.25, 0.3) is 11.6 Å². The molecule has 2 aromatic rings. The Morgan fingerprint density at radius 1 is 1.12 bits per heavy atom. The molecule has 2 nitrogen and oxygen atoms in total. The normalized spacial score (nSPS) is 11.2. The van der Waals surface area contributed by atoms with Crippen molar-refractivity contribution in [1.82, 2.24) is 0 Å². The van der Waals surface area contributed by atoms with Gasteiger partial charge in [-0.15, -0.1) is 0 Å². The number of furan rings is 1. The van der Waals surface area contributed by atoms with Crippen LogP contribution in [-0.4, -0.2) is 0 Å². The number of hydrogen-bond donors (Lipinski definition) is 0. The summed E-state index contributed by atoms with van der Waals surface area (Å²) in [6.45, 7) is 0. The lowest BCUT2D eigenvalue weighted by Gasteiger charge is -1.98. The Labute approximate surface area is 116 Å². The molecule has 0 bridgehead atoms. The van der Waals surface area contributed by atoms with Crippen LogP contribution in [-0.2, 0) is 0 Å². The third kappa shape index (κ3) is 3.09. The van der Waals surface area contributed by atoms with E-state index in [4.69, 9.17) is 9.68 Å². The van der Waals surface area contributed by atoms with Crippen molar-refractivity contribution in [2.24, 2.45) is 0 Å². The second kappa shape index (κ2) is 5.35. The summed E-state index contributed by atoms with van der Waals surface area (Å²) in [5.41, 5.74) is 1.43. The Balaban J connectivity index is 2.37. The van der Waals surface area contributed by atoms with Gasteiger partial charge in [-0.1, -0.05) is 28.1 Å². The molecule has 4 heteroatoms. The van der Waals surface area contributed by atoms with Crippen molar-refractivity contribution < 1.29 is 4.42 Å². The topological polar surface area (TPSA) is 36.9 Å². The van der Waals surface area contributed by atoms with Crippen LogP contribution in [0, 0.1) is 11.3 Å². The SMILES string of the molecule is N#C/C(=C/c1ccc(Br)o1)c1ccc(Br)cc1. The van der Waals surface area contributed by atoms with Gasteiger partial charge in [0.25, 0.3) is 0 Å². The second-order valence-electron chi connectivity index (χ2n) is 3.32. The van der Waals surface area contributed by atoms with Gasteiger partial charge in [-0.2, -0.15) is 5.26 Å². The van der Waals surface area contributed by atoms with Crippen LogP contribution in [0.15, 0.2) is 50.0 Å². The second-order valence-corrected chi connectivity index (χ2v) is 5.02. The van der Waals surface area contributed by atoms with E-state index in [0.717, 1.165) is 10.0 Å². The van der Waals surface area contributed by atoms with Crippen LogP contribution in [0.2, 0.25) is 0 Å². The summed E-state index contributed by atoms with van der Waals surface area (Å²) in [4.78, 5) is 0. The summed E-state index contributed by atoms with van der Waals surface area (Å²) >= 11 is 6.58. The number of rotatable bonds is 2. The molecule has 0 spiro atoms. The monoisotopic (exact) mass is 351 g/mol. The van der Waals surface area contributed by atoms with Crippen molar-refractivity contribution in [3.8, 4) is 6.07 Å². The molecular formula is C13H7Br2NO. The number of benzene rings is 1. The van der Waals surface area contributed by atoms with Gasteiger partial charge < -0.3 is 4.42 Å². The van der Waals surface area contributed by atoms with Gasteiger partial charge in [0.2, 0.25) is 0 Å². The van der Waals surface area contributed by atoms with E-state index in [0.29, 0.717) is 16.0 Å². The van der Waals surface area contributed by atoms with E-state index in [1.807, 2.05) is 24.3 Å². The van der Waals surface area contributed by atoms with Crippen molar-refractivity contribution in [2.75, 3.05) is 0 Å². The fraction of sp³-hybridized carbons (Fsp3) is 0. The Morgan fingerprint density at radius 2 is 1.82 bits per heavy atom. The Kier molecular flexibility index (Phi) is 3.82. The zero-order valence-electron chi connectivity index (χ0n) is 8.65. The summed E-state index contributed by atoms with van der Waals surface area (Å²) in [6.07, 6.45) is 1.72. The first-order valence-corrected chi connectivity index (χ1v) is 6.41. The minimum Gasteiger partial charge on any atom is -0.450 e. The van der Waals surface area contributed by atoms with Crippen molar-refractivity contribution in [3.05, 3.63) is 56.9 Å². The predicted octanol–water partition coefficient (Wildman–Crippen LogP) is 4.87. The van der Waals surface area contributed by atoms with Crippen LogP contribution >= 0.6 is 31.9 Å². The molecule has 0 N–H and O–H groups in total. The third-order valence-corrected chi connectivity index (χ3v) is 3.11. The van der Waals surface area contributed by atoms with Crippen LogP contribution in [0.5, 0.6) is 0 Å². The zero-order valence-corrected chi connectivity index (χ0v) is 11.8. The molecule has 0 aliphatic heterocycles. The molecule has 1 heterocycles. The van der Waals surface area contributed by atoms with Crippen molar-refractivity contribution in [2.45, 2.75) is 0 Å². The number of allylic oxidation sites excluding steroid dienone is 1. The van der Waals surface area contributed by atoms with Crippen LogP contribution in [0.4, 0.5) is 0 Å². The molecule has 0 atom stereocenters. The minimum absolute atomic E-state index is 0.569. The van der Waals surface area contributed by atoms with Gasteiger partial charge in [0.15, 0.2) is 4.67 Å². The molecule has 0 aliphatic rings. The summed E-state index contributed by atoms with van der Waals surface area (Å²) < 4.78 is 6.98. The zero-order chi connectivity index (χ0) is 12.3. The summed E-state index contributed by atoms with van der Waals surface area (Å²) in [7, 11) is 0. The third-order valence-electron chi connectivity index (χ3n) is 2.16. The van der Waals surface area contributed by atoms with Gasteiger partial charge in [-0.25, -0.2) is 0 Å². The van der Waals surface area contributed by atoms with Crippen molar-refractivity contribution in [1.29, 1.82) is 5.26 Å². The van der Waals surface area contributed by atoms with E-state index in [1.54, 1.807) is 18.2 Å². The standard InChI is InChI=1S/C13H7Br2NO/c14-11-3-1-9(2-4-11)10(8-16)7-12-5-6-13(15)17-12/h1-7H/b10-7-. The minimum atomic E-state index is 0.569. The maximum atomic E-state index is 9.13. The van der Waals surface area contributed by atoms with Crippen LogP contribution < -0.4 is 0 Å². The largest absolute Gasteiger partial charge is 0.450 e. The molecule has 84 valence electrons. The van der Waals surface area contributed by atoms with Gasteiger partial charge in [0.1, 0.15) is 5.76 Å². The summed E-state index contributed by atoms with van der Waals surface area (Å²) in [5, 5.41) is 9.13. The van der Waals surface area contributed by atoms with Gasteiger partial charge in [0, 0.05) is 4.47 Å². The highest BCUT2D eigenvalue weighted by Crippen LogP contribution is 2.22. The lowest BCUT2D eigenvalue weighted by Crippen LogP contribution is -1.80. The molecule has 0 fully saturated rings. The highest BCUT2D eigenvalue weighted by Gasteiger charge is 2.03. The van der Waals surface area contributed by atoms with Gasteiger partial charge in [-0.3, -0.25) is 0 Å². The first kappa shape index (κ1) is 12.2. The highest BCUT2D eigenvalue weighted by atomic mass is 79.9. The molecular weight excluding hydrogens is 346 g/mol. The fourth-order valence-electron chi connectivity index (χ4n) is 1.36. The first-order valence-electron chi connectivity index (χ1n) is 4.82. The number of nitrogens with zero attached hydrogens (tertiary/aromatic N) is 1. The average molecular weight is 353 g/mol. The smallest absolute Gasteiger partial charge is 0.169 e. The Morgan fingerprint density at radius 3 is 2.35 bits per heavy atom.